The van der Waals surface area contributed by atoms with Gasteiger partial charge in [0, 0.05) is 28.2 Å². The molecule has 2 amide bonds. The van der Waals surface area contributed by atoms with Gasteiger partial charge in [-0.3, -0.25) is 9.59 Å². The Morgan fingerprint density at radius 1 is 1.02 bits per heavy atom. The monoisotopic (exact) mass is 682 g/mol. The lowest BCUT2D eigenvalue weighted by molar-refractivity contribution is -0.228. The molecule has 0 aromatic heterocycles. The number of ether oxygens (including phenoxy) is 1. The number of rotatable bonds is 9. The summed E-state index contributed by atoms with van der Waals surface area (Å²) in [6.07, 6.45) is -4.07. The van der Waals surface area contributed by atoms with Crippen molar-refractivity contribution in [2.75, 3.05) is 16.8 Å². The van der Waals surface area contributed by atoms with E-state index in [1.165, 1.54) is 6.07 Å². The topological polar surface area (TPSA) is 58.6 Å². The molecule has 15 heteroatoms. The molecule has 43 heavy (non-hydrogen) atoms. The van der Waals surface area contributed by atoms with Crippen molar-refractivity contribution < 1.29 is 53.8 Å². The van der Waals surface area contributed by atoms with E-state index in [4.69, 9.17) is 0 Å². The lowest BCUT2D eigenvalue weighted by Crippen LogP contribution is -2.35. The first-order chi connectivity index (χ1) is 20.0. The van der Waals surface area contributed by atoms with E-state index in [1.807, 2.05) is 0 Å². The minimum absolute atomic E-state index is 0.0550. The zero-order valence-electron chi connectivity index (χ0n) is 21.8. The smallest absolute Gasteiger partial charge is 0.426 e. The van der Waals surface area contributed by atoms with E-state index < -0.39 is 86.0 Å². The first kappa shape index (κ1) is 32.2. The number of carbonyl (C=O) groups excluding carboxylic acids is 2. The lowest BCUT2D eigenvalue weighted by atomic mass is 9.96. The van der Waals surface area contributed by atoms with Crippen LogP contribution in [0.2, 0.25) is 0 Å². The molecule has 0 radical (unpaired) electrons. The molecule has 0 aliphatic heterocycles. The van der Waals surface area contributed by atoms with Gasteiger partial charge < -0.3 is 15.0 Å². The molecule has 0 saturated heterocycles. The molecule has 1 fully saturated rings. The maximum atomic E-state index is 15.8. The summed E-state index contributed by atoms with van der Waals surface area (Å²) in [6.45, 7) is -3.50. The average molecular weight is 683 g/mol. The third kappa shape index (κ3) is 7.08. The van der Waals surface area contributed by atoms with E-state index >= 15 is 4.39 Å². The summed E-state index contributed by atoms with van der Waals surface area (Å²) in [5, 5.41) is 2.06. The van der Waals surface area contributed by atoms with Crippen molar-refractivity contribution in [1.82, 2.24) is 0 Å². The summed E-state index contributed by atoms with van der Waals surface area (Å²) in [6, 6.07) is 6.24. The first-order valence-corrected chi connectivity index (χ1v) is 13.2. The molecule has 3 aromatic rings. The Bertz CT molecular complexity index is 1540. The number of alkyl halides is 6. The predicted octanol–water partition coefficient (Wildman–Crippen LogP) is 8.52. The van der Waals surface area contributed by atoms with E-state index in [9.17, 15) is 44.7 Å². The van der Waals surface area contributed by atoms with Crippen LogP contribution in [0.3, 0.4) is 0 Å². The van der Waals surface area contributed by atoms with Gasteiger partial charge in [0.05, 0.1) is 16.9 Å². The largest absolute Gasteiger partial charge is 0.433 e. The zero-order chi connectivity index (χ0) is 31.9. The molecule has 0 heterocycles. The second-order valence-electron chi connectivity index (χ2n) is 9.82. The highest BCUT2D eigenvalue weighted by atomic mass is 79.9. The number of benzene rings is 3. The van der Waals surface area contributed by atoms with Crippen LogP contribution in [0.25, 0.3) is 0 Å². The Labute approximate surface area is 246 Å². The molecule has 1 saturated carbocycles. The van der Waals surface area contributed by atoms with E-state index in [2.05, 4.69) is 26.0 Å². The highest BCUT2D eigenvalue weighted by molar-refractivity contribution is 9.10. The normalized spacial score (nSPS) is 14.8. The molecule has 1 aliphatic carbocycles. The van der Waals surface area contributed by atoms with Crippen molar-refractivity contribution >= 4 is 39.1 Å². The van der Waals surface area contributed by atoms with Gasteiger partial charge in [0.2, 0.25) is 5.67 Å². The SMILES string of the molecule is CC(F)(c1cc(Br)c(NC(=O)c2cccc(N(CC3CC3)C(=O)c3cc(F)cc(F)c3)c2F)c(OC(F)F)c1)C(F)(F)F. The molecule has 1 atom stereocenters. The van der Waals surface area contributed by atoms with Crippen LogP contribution in [0, 0.1) is 23.4 Å². The van der Waals surface area contributed by atoms with Gasteiger partial charge in [0.15, 0.2) is 11.6 Å². The fourth-order valence-electron chi connectivity index (χ4n) is 4.09. The number of anilines is 2. The van der Waals surface area contributed by atoms with Crippen LogP contribution in [-0.2, 0) is 5.67 Å². The standard InChI is InChI=1S/C28H20BrF9N2O3/c1-27(35,28(36,37)38)15-9-19(29)23(21(10-15)43-26(33)34)39-24(41)18-3-2-4-20(22(18)32)40(12-13-5-6-13)25(42)14-7-16(30)11-17(31)8-14/h2-4,7-11,13,26H,5-6,12H2,1H3,(H,39,41). The van der Waals surface area contributed by atoms with Crippen LogP contribution in [0.4, 0.5) is 50.9 Å². The van der Waals surface area contributed by atoms with Crippen molar-refractivity contribution in [3.63, 3.8) is 0 Å². The number of halogens is 10. The molecule has 4 rings (SSSR count). The van der Waals surface area contributed by atoms with Crippen LogP contribution in [0.1, 0.15) is 46.0 Å². The molecule has 0 bridgehead atoms. The Morgan fingerprint density at radius 3 is 2.21 bits per heavy atom. The van der Waals surface area contributed by atoms with Crippen molar-refractivity contribution in [3.05, 3.63) is 87.1 Å². The van der Waals surface area contributed by atoms with Crippen LogP contribution in [0.15, 0.2) is 53.0 Å². The lowest BCUT2D eigenvalue weighted by Gasteiger charge is -2.26. The molecule has 5 nitrogen and oxygen atoms in total. The minimum atomic E-state index is -5.44. The molecular formula is C28H20BrF9N2O3. The predicted molar refractivity (Wildman–Crippen MR) is 140 cm³/mol. The third-order valence-corrected chi connectivity index (χ3v) is 7.21. The van der Waals surface area contributed by atoms with Crippen LogP contribution in [-0.4, -0.2) is 31.1 Å². The van der Waals surface area contributed by atoms with Gasteiger partial charge in [-0.05, 0) is 78.0 Å². The maximum Gasteiger partial charge on any atom is 0.426 e. The molecule has 0 spiro atoms. The van der Waals surface area contributed by atoms with Gasteiger partial charge in [-0.2, -0.15) is 22.0 Å². The van der Waals surface area contributed by atoms with Gasteiger partial charge in [0.25, 0.3) is 11.8 Å². The van der Waals surface area contributed by atoms with Crippen molar-refractivity contribution in [1.29, 1.82) is 0 Å². The first-order valence-electron chi connectivity index (χ1n) is 12.4. The molecular weight excluding hydrogens is 663 g/mol. The molecule has 3 aromatic carbocycles. The van der Waals surface area contributed by atoms with E-state index in [0.29, 0.717) is 31.0 Å². The van der Waals surface area contributed by atoms with Crippen LogP contribution >= 0.6 is 15.9 Å². The van der Waals surface area contributed by atoms with E-state index in [0.717, 1.165) is 29.2 Å². The number of nitrogens with one attached hydrogen (secondary N) is 1. The van der Waals surface area contributed by atoms with E-state index in [1.54, 1.807) is 0 Å². The zero-order valence-corrected chi connectivity index (χ0v) is 23.4. The number of carbonyl (C=O) groups is 2. The fraction of sp³-hybridized carbons (Fsp3) is 0.286. The summed E-state index contributed by atoms with van der Waals surface area (Å²) in [4.78, 5) is 27.3. The van der Waals surface area contributed by atoms with Crippen LogP contribution < -0.4 is 15.0 Å². The molecule has 1 N–H and O–H groups in total. The second kappa shape index (κ2) is 12.1. The van der Waals surface area contributed by atoms with Crippen LogP contribution in [0.5, 0.6) is 5.75 Å². The Balaban J connectivity index is 1.72. The Kier molecular flexibility index (Phi) is 9.05. The molecule has 230 valence electrons. The van der Waals surface area contributed by atoms with Crippen molar-refractivity contribution in [2.24, 2.45) is 5.92 Å². The Morgan fingerprint density at radius 2 is 1.65 bits per heavy atom. The quantitative estimate of drug-likeness (QED) is 0.230. The molecule has 1 aliphatic rings. The summed E-state index contributed by atoms with van der Waals surface area (Å²) < 4.78 is 128. The summed E-state index contributed by atoms with van der Waals surface area (Å²) in [7, 11) is 0. The number of nitrogens with zero attached hydrogens (tertiary/aromatic N) is 1. The third-order valence-electron chi connectivity index (χ3n) is 6.59. The summed E-state index contributed by atoms with van der Waals surface area (Å²) in [5.74, 6) is -6.76. The van der Waals surface area contributed by atoms with Gasteiger partial charge in [-0.25, -0.2) is 17.6 Å². The maximum absolute atomic E-state index is 15.8. The number of hydrogen-bond donors (Lipinski definition) is 1. The van der Waals surface area contributed by atoms with Gasteiger partial charge in [0.1, 0.15) is 11.6 Å². The fourth-order valence-corrected chi connectivity index (χ4v) is 4.63. The molecule has 1 unspecified atom stereocenters. The van der Waals surface area contributed by atoms with Crippen molar-refractivity contribution in [2.45, 2.75) is 38.2 Å². The average Bonchev–Trinajstić information content (AvgIpc) is 3.71. The number of hydrogen-bond acceptors (Lipinski definition) is 3. The Hall–Kier alpha value is -3.75. The van der Waals surface area contributed by atoms with Gasteiger partial charge >= 0.3 is 12.8 Å². The van der Waals surface area contributed by atoms with Crippen molar-refractivity contribution in [3.8, 4) is 5.75 Å². The minimum Gasteiger partial charge on any atom is -0.433 e. The highest BCUT2D eigenvalue weighted by Gasteiger charge is 2.54. The van der Waals surface area contributed by atoms with E-state index in [-0.39, 0.29) is 19.4 Å². The van der Waals surface area contributed by atoms with Gasteiger partial charge in [-0.1, -0.05) is 6.07 Å². The number of amides is 2. The summed E-state index contributed by atoms with van der Waals surface area (Å²) >= 11 is 2.81. The summed E-state index contributed by atoms with van der Waals surface area (Å²) in [5.41, 5.74) is -7.40. The second-order valence-corrected chi connectivity index (χ2v) is 10.7. The van der Waals surface area contributed by atoms with Gasteiger partial charge in [-0.15, -0.1) is 0 Å². The highest BCUT2D eigenvalue weighted by Crippen LogP contribution is 2.46.